The zero-order valence-electron chi connectivity index (χ0n) is 12.6. The highest BCUT2D eigenvalue weighted by Crippen LogP contribution is 2.32. The molecule has 21 heavy (non-hydrogen) atoms. The standard InChI is InChI=1S/C16H20N2O2S/c1-16(2,3)15-18-12(9-21-15)8-17-7-11-4-5-13-14(6-11)20-10-19-13/h4-6,9,17H,7-8,10H2,1-3H3. The molecule has 0 fully saturated rings. The molecule has 0 spiro atoms. The maximum absolute atomic E-state index is 5.38. The van der Waals surface area contributed by atoms with Crippen molar-refractivity contribution in [1.82, 2.24) is 10.3 Å². The molecule has 0 bridgehead atoms. The number of thiazole rings is 1. The Labute approximate surface area is 129 Å². The molecule has 0 unspecified atom stereocenters. The molecule has 1 aromatic heterocycles. The second-order valence-electron chi connectivity index (χ2n) is 6.19. The number of rotatable bonds is 4. The molecule has 1 aliphatic heterocycles. The molecule has 0 atom stereocenters. The largest absolute Gasteiger partial charge is 0.454 e. The van der Waals surface area contributed by atoms with Gasteiger partial charge >= 0.3 is 0 Å². The van der Waals surface area contributed by atoms with E-state index in [4.69, 9.17) is 9.47 Å². The average Bonchev–Trinajstić information content (AvgIpc) is 3.05. The first-order chi connectivity index (χ1) is 10.0. The third-order valence-corrected chi connectivity index (χ3v) is 4.58. The quantitative estimate of drug-likeness (QED) is 0.939. The summed E-state index contributed by atoms with van der Waals surface area (Å²) in [5.74, 6) is 1.66. The van der Waals surface area contributed by atoms with Crippen molar-refractivity contribution in [3.8, 4) is 11.5 Å². The maximum Gasteiger partial charge on any atom is 0.231 e. The zero-order chi connectivity index (χ0) is 14.9. The first-order valence-corrected chi connectivity index (χ1v) is 7.94. The van der Waals surface area contributed by atoms with Gasteiger partial charge in [0.15, 0.2) is 11.5 Å². The van der Waals surface area contributed by atoms with E-state index in [-0.39, 0.29) is 5.41 Å². The van der Waals surface area contributed by atoms with Crippen LogP contribution < -0.4 is 14.8 Å². The van der Waals surface area contributed by atoms with Crippen LogP contribution in [0.3, 0.4) is 0 Å². The van der Waals surface area contributed by atoms with Crippen LogP contribution in [0, 0.1) is 0 Å². The van der Waals surface area contributed by atoms with Crippen molar-refractivity contribution in [1.29, 1.82) is 0 Å². The van der Waals surface area contributed by atoms with E-state index in [0.717, 1.165) is 30.3 Å². The highest BCUT2D eigenvalue weighted by Gasteiger charge is 2.18. The summed E-state index contributed by atoms with van der Waals surface area (Å²) >= 11 is 1.73. The summed E-state index contributed by atoms with van der Waals surface area (Å²) in [7, 11) is 0. The first kappa shape index (κ1) is 14.4. The third-order valence-electron chi connectivity index (χ3n) is 3.27. The second-order valence-corrected chi connectivity index (χ2v) is 7.04. The van der Waals surface area contributed by atoms with Crippen LogP contribution in [0.4, 0.5) is 0 Å². The molecule has 0 saturated heterocycles. The molecule has 5 heteroatoms. The van der Waals surface area contributed by atoms with Gasteiger partial charge in [-0.2, -0.15) is 0 Å². The normalized spacial score (nSPS) is 13.7. The lowest BCUT2D eigenvalue weighted by Crippen LogP contribution is -2.14. The molecule has 1 aromatic carbocycles. The fraction of sp³-hybridized carbons (Fsp3) is 0.438. The lowest BCUT2D eigenvalue weighted by Gasteiger charge is -2.13. The summed E-state index contributed by atoms with van der Waals surface area (Å²) in [4.78, 5) is 4.68. The van der Waals surface area contributed by atoms with Crippen molar-refractivity contribution in [2.75, 3.05) is 6.79 Å². The lowest BCUT2D eigenvalue weighted by molar-refractivity contribution is 0.174. The number of nitrogens with one attached hydrogen (secondary N) is 1. The Bertz CT molecular complexity index is 631. The van der Waals surface area contributed by atoms with E-state index < -0.39 is 0 Å². The van der Waals surface area contributed by atoms with Crippen molar-refractivity contribution in [3.63, 3.8) is 0 Å². The van der Waals surface area contributed by atoms with Gasteiger partial charge in [0.2, 0.25) is 6.79 Å². The summed E-state index contributed by atoms with van der Waals surface area (Å²) in [6, 6.07) is 6.04. The van der Waals surface area contributed by atoms with Gasteiger partial charge in [0.05, 0.1) is 10.7 Å². The maximum atomic E-state index is 5.38. The Morgan fingerprint density at radius 2 is 2.00 bits per heavy atom. The minimum Gasteiger partial charge on any atom is -0.454 e. The zero-order valence-corrected chi connectivity index (χ0v) is 13.4. The summed E-state index contributed by atoms with van der Waals surface area (Å²) in [5, 5.41) is 6.74. The predicted octanol–water partition coefficient (Wildman–Crippen LogP) is 3.46. The number of aromatic nitrogens is 1. The van der Waals surface area contributed by atoms with E-state index in [1.807, 2.05) is 12.1 Å². The van der Waals surface area contributed by atoms with E-state index in [2.05, 4.69) is 42.5 Å². The van der Waals surface area contributed by atoms with Crippen molar-refractivity contribution in [2.45, 2.75) is 39.3 Å². The number of hydrogen-bond donors (Lipinski definition) is 1. The van der Waals surface area contributed by atoms with Gasteiger partial charge < -0.3 is 14.8 Å². The molecule has 112 valence electrons. The van der Waals surface area contributed by atoms with Crippen molar-refractivity contribution in [2.24, 2.45) is 0 Å². The molecule has 1 N–H and O–H groups in total. The van der Waals surface area contributed by atoms with Gasteiger partial charge in [-0.15, -0.1) is 11.3 Å². The molecule has 2 heterocycles. The SMILES string of the molecule is CC(C)(C)c1nc(CNCc2ccc3c(c2)OCO3)cs1. The van der Waals surface area contributed by atoms with Gasteiger partial charge in [0.1, 0.15) is 0 Å². The number of benzene rings is 1. The van der Waals surface area contributed by atoms with Crippen molar-refractivity contribution >= 4 is 11.3 Å². The summed E-state index contributed by atoms with van der Waals surface area (Å²) < 4.78 is 10.7. The van der Waals surface area contributed by atoms with Gasteiger partial charge in [-0.05, 0) is 17.7 Å². The molecular weight excluding hydrogens is 284 g/mol. The Balaban J connectivity index is 1.55. The van der Waals surface area contributed by atoms with Crippen molar-refractivity contribution in [3.05, 3.63) is 39.8 Å². The number of nitrogens with zero attached hydrogens (tertiary/aromatic N) is 1. The van der Waals surface area contributed by atoms with Crippen LogP contribution >= 0.6 is 11.3 Å². The van der Waals surface area contributed by atoms with Crippen LogP contribution in [0.25, 0.3) is 0 Å². The Kier molecular flexibility index (Phi) is 3.87. The lowest BCUT2D eigenvalue weighted by atomic mass is 9.98. The van der Waals surface area contributed by atoms with Crippen LogP contribution in [0.5, 0.6) is 11.5 Å². The van der Waals surface area contributed by atoms with Crippen LogP contribution in [0.2, 0.25) is 0 Å². The Hall–Kier alpha value is -1.59. The molecule has 4 nitrogen and oxygen atoms in total. The summed E-state index contributed by atoms with van der Waals surface area (Å²) in [5.41, 5.74) is 2.41. The number of fused-ring (bicyclic) bond motifs is 1. The fourth-order valence-corrected chi connectivity index (χ4v) is 3.03. The summed E-state index contributed by atoms with van der Waals surface area (Å²) in [6.45, 7) is 8.46. The topological polar surface area (TPSA) is 43.4 Å². The molecular formula is C16H20N2O2S. The third kappa shape index (κ3) is 3.36. The average molecular weight is 304 g/mol. The Morgan fingerprint density at radius 3 is 2.76 bits per heavy atom. The van der Waals surface area contributed by atoms with Crippen LogP contribution in [-0.4, -0.2) is 11.8 Å². The van der Waals surface area contributed by atoms with E-state index >= 15 is 0 Å². The summed E-state index contributed by atoms with van der Waals surface area (Å²) in [6.07, 6.45) is 0. The van der Waals surface area contributed by atoms with E-state index in [1.165, 1.54) is 10.6 Å². The molecule has 0 amide bonds. The van der Waals surface area contributed by atoms with Crippen LogP contribution in [0.15, 0.2) is 23.6 Å². The predicted molar refractivity (Wildman–Crippen MR) is 83.9 cm³/mol. The molecule has 1 aliphatic rings. The number of ether oxygens (including phenoxy) is 2. The molecule has 0 aliphatic carbocycles. The van der Waals surface area contributed by atoms with Crippen LogP contribution in [-0.2, 0) is 18.5 Å². The van der Waals surface area contributed by atoms with Crippen molar-refractivity contribution < 1.29 is 9.47 Å². The van der Waals surface area contributed by atoms with Crippen LogP contribution in [0.1, 0.15) is 37.0 Å². The van der Waals surface area contributed by atoms with E-state index in [0.29, 0.717) is 6.79 Å². The minimum atomic E-state index is 0.125. The molecule has 3 rings (SSSR count). The molecule has 0 saturated carbocycles. The highest BCUT2D eigenvalue weighted by atomic mass is 32.1. The smallest absolute Gasteiger partial charge is 0.231 e. The first-order valence-electron chi connectivity index (χ1n) is 7.06. The van der Waals surface area contributed by atoms with Gasteiger partial charge in [0, 0.05) is 23.9 Å². The highest BCUT2D eigenvalue weighted by molar-refractivity contribution is 7.09. The molecule has 0 radical (unpaired) electrons. The number of hydrogen-bond acceptors (Lipinski definition) is 5. The monoisotopic (exact) mass is 304 g/mol. The van der Waals surface area contributed by atoms with Gasteiger partial charge in [-0.1, -0.05) is 26.8 Å². The molecule has 2 aromatic rings. The van der Waals surface area contributed by atoms with Gasteiger partial charge in [-0.3, -0.25) is 0 Å². The van der Waals surface area contributed by atoms with E-state index in [9.17, 15) is 0 Å². The van der Waals surface area contributed by atoms with E-state index in [1.54, 1.807) is 11.3 Å². The van der Waals surface area contributed by atoms with Gasteiger partial charge in [-0.25, -0.2) is 4.98 Å². The Morgan fingerprint density at radius 1 is 1.19 bits per heavy atom. The van der Waals surface area contributed by atoms with Gasteiger partial charge in [0.25, 0.3) is 0 Å². The fourth-order valence-electron chi connectivity index (χ4n) is 2.12. The minimum absolute atomic E-state index is 0.125. The second kappa shape index (κ2) is 5.66.